The molecule has 55 nitrogen and oxygen atoms in total. The second-order valence-corrected chi connectivity index (χ2v) is 36.0. The average molecular weight is 2040 g/mol. The van der Waals surface area contributed by atoms with Gasteiger partial charge >= 0.3 is 23.9 Å². The van der Waals surface area contributed by atoms with E-state index >= 15 is 19.2 Å². The van der Waals surface area contributed by atoms with Crippen molar-refractivity contribution in [2.45, 2.75) is 231 Å². The number of aliphatic carboxylic acids is 4. The summed E-state index contributed by atoms with van der Waals surface area (Å²) in [6.45, 7) is -0.487. The second-order valence-electron chi connectivity index (χ2n) is 32.9. The van der Waals surface area contributed by atoms with Gasteiger partial charge in [0, 0.05) is 80.0 Å². The molecular formula is C83H124N28O27S3. The first kappa shape index (κ1) is 117. The number of fused-ring (bicyclic) bond motifs is 6. The lowest BCUT2D eigenvalue weighted by atomic mass is 10.0. The van der Waals surface area contributed by atoms with Gasteiger partial charge in [0.25, 0.3) is 0 Å². The molecule has 1 saturated heterocycles. The van der Waals surface area contributed by atoms with Crippen molar-refractivity contribution in [2.75, 3.05) is 56.6 Å². The Morgan fingerprint density at radius 2 is 0.823 bits per heavy atom. The van der Waals surface area contributed by atoms with Gasteiger partial charge in [-0.2, -0.15) is 35.3 Å². The van der Waals surface area contributed by atoms with Crippen molar-refractivity contribution >= 4 is 183 Å². The summed E-state index contributed by atoms with van der Waals surface area (Å²) in [5, 5.41) is 117. The lowest BCUT2D eigenvalue weighted by Crippen LogP contribution is -2.61. The van der Waals surface area contributed by atoms with Crippen molar-refractivity contribution in [1.82, 2.24) is 101 Å². The fourth-order valence-electron chi connectivity index (χ4n) is 14.2. The lowest BCUT2D eigenvalue weighted by Gasteiger charge is -2.31. The first-order valence-electron chi connectivity index (χ1n) is 44.4. The Hall–Kier alpha value is -14.4. The van der Waals surface area contributed by atoms with Gasteiger partial charge in [0.15, 0.2) is 17.9 Å². The summed E-state index contributed by atoms with van der Waals surface area (Å²) in [6, 6.07) is -16.8. The minimum Gasteiger partial charge on any atom is -0.481 e. The summed E-state index contributed by atoms with van der Waals surface area (Å²) >= 11 is 2.80. The molecule has 4 bridgehead atoms. The Balaban J connectivity index is 1.82. The number of carbonyl (C=O) groups is 22. The molecule has 58 heteroatoms. The number of amides is 18. The molecule has 1 fully saturated rings. The molecular weight excluding hydrogens is 1920 g/mol. The molecule has 0 aromatic heterocycles. The van der Waals surface area contributed by atoms with Crippen LogP contribution in [0.2, 0.25) is 0 Å². The Morgan fingerprint density at radius 1 is 0.440 bits per heavy atom. The van der Waals surface area contributed by atoms with Gasteiger partial charge in [-0.1, -0.05) is 48.5 Å². The molecule has 2 aromatic rings. The van der Waals surface area contributed by atoms with Crippen molar-refractivity contribution in [3.8, 4) is 0 Å². The summed E-state index contributed by atoms with van der Waals surface area (Å²) in [6.07, 6.45) is -9.10. The van der Waals surface area contributed by atoms with E-state index in [1.807, 2.05) is 0 Å². The summed E-state index contributed by atoms with van der Waals surface area (Å²) < 4.78 is 0. The number of thioether (sulfide) groups is 3. The van der Waals surface area contributed by atoms with Crippen LogP contribution in [0.4, 0.5) is 0 Å². The number of hydrogen-bond acceptors (Lipinski definition) is 30. The maximum atomic E-state index is 15.7. The lowest BCUT2D eigenvalue weighted by molar-refractivity contribution is -0.143. The molecule has 3 aliphatic rings. The first-order chi connectivity index (χ1) is 66.6. The highest BCUT2D eigenvalue weighted by atomic mass is 32.2. The zero-order valence-electron chi connectivity index (χ0n) is 77.0. The summed E-state index contributed by atoms with van der Waals surface area (Å²) in [4.78, 5) is 310. The maximum absolute atomic E-state index is 15.7. The van der Waals surface area contributed by atoms with Gasteiger partial charge in [0.2, 0.25) is 106 Å². The molecule has 3 heterocycles. The van der Waals surface area contributed by atoms with Gasteiger partial charge in [-0.05, 0) is 100 Å². The SMILES string of the molecule is C[C@H](N)C(=O)N[C@H]1CSCc2cc3cc(c2)CSC[C@H](NC(=O)[C@H](CC(N)=O)NC(=O)[C@H](CCCNC(=N)N)NC(=O)[C@H](Cc2ccccc2)NC(=O)[C@H](CCCNC(=N)N)NC(=O)[C@H](CC(=O)O)NC(=O)[C@H](CO)NC1=O)C(=O)N1CCC[C@H]1C(=O)N[C@@H](C)C(=O)N[C@@H](CC(=O)O)C(=O)N[C@@H](CCC(=O)O)C(=O)N[C@@H](CCCNC(=N)N)C(=O)N[C@H](CCC(=O)O)C(=O)N[C@H](C(=O)NCC(N)=O)CSC3. The monoisotopic (exact) mass is 2040 g/mol. The second kappa shape index (κ2) is 59.8. The van der Waals surface area contributed by atoms with Crippen molar-refractivity contribution in [3.63, 3.8) is 0 Å². The molecule has 0 unspecified atom stereocenters. The number of carboxylic acids is 4. The van der Waals surface area contributed by atoms with E-state index in [9.17, 15) is 112 Å². The number of primary amides is 2. The first-order valence-corrected chi connectivity index (χ1v) is 47.8. The highest BCUT2D eigenvalue weighted by Crippen LogP contribution is 2.27. The predicted molar refractivity (Wildman–Crippen MR) is 505 cm³/mol. The van der Waals surface area contributed by atoms with Crippen LogP contribution in [-0.4, -0.2) is 332 Å². The Kier molecular flexibility index (Phi) is 49.6. The van der Waals surface area contributed by atoms with Crippen molar-refractivity contribution in [3.05, 3.63) is 70.8 Å². The minimum atomic E-state index is -2.18. The quantitative estimate of drug-likeness (QED) is 0.0184. The molecule has 3 aliphatic heterocycles. The van der Waals surface area contributed by atoms with Crippen LogP contribution in [0.1, 0.15) is 132 Å². The highest BCUT2D eigenvalue weighted by Gasteiger charge is 2.43. The molecule has 776 valence electrons. The third-order valence-corrected chi connectivity index (χ3v) is 24.6. The topological polar surface area (TPSA) is 924 Å². The van der Waals surface area contributed by atoms with E-state index in [-0.39, 0.29) is 75.5 Å². The fraction of sp³-hybridized carbons (Fsp3) is 0.554. The molecule has 5 rings (SSSR count). The number of nitrogens with zero attached hydrogens (tertiary/aromatic N) is 1. The van der Waals surface area contributed by atoms with E-state index in [0.29, 0.717) is 22.3 Å². The summed E-state index contributed by atoms with van der Waals surface area (Å²) in [5.74, 6) is -31.9. The molecule has 0 aliphatic carbocycles. The molecule has 38 N–H and O–H groups in total. The number of nitrogens with one attached hydrogen (secondary N) is 21. The van der Waals surface area contributed by atoms with Crippen molar-refractivity contribution in [1.29, 1.82) is 16.2 Å². The van der Waals surface area contributed by atoms with E-state index in [1.54, 1.807) is 36.4 Å². The molecule has 0 radical (unpaired) electrons. The van der Waals surface area contributed by atoms with Gasteiger partial charge < -0.3 is 161 Å². The average Bonchev–Trinajstić information content (AvgIpc) is 1.71. The number of nitrogens with two attached hydrogens (primary N) is 6. The smallest absolute Gasteiger partial charge is 0.305 e. The van der Waals surface area contributed by atoms with Crippen LogP contribution in [0.15, 0.2) is 48.5 Å². The summed E-state index contributed by atoms with van der Waals surface area (Å²) in [7, 11) is 0. The van der Waals surface area contributed by atoms with Gasteiger partial charge in [-0.15, -0.1) is 0 Å². The minimum absolute atomic E-state index is 0.0455. The zero-order chi connectivity index (χ0) is 105. The number of aliphatic hydroxyl groups is 1. The Bertz CT molecular complexity index is 4870. The van der Waals surface area contributed by atoms with Crippen molar-refractivity contribution < 1.29 is 131 Å². The third-order valence-electron chi connectivity index (χ3n) is 21.3. The fourth-order valence-corrected chi connectivity index (χ4v) is 17.1. The molecule has 0 saturated carbocycles. The number of guanidine groups is 3. The largest absolute Gasteiger partial charge is 0.481 e. The standard InChI is InChI=1S/C83H124N28O27S3/c1-39(84)65(123)108-56-37-140-34-43-24-42-25-44(26-43)35-141-38-57(110-74(132)51(28-59(85)113)105-70(128)47(14-8-22-95-83(91)92)99-73(131)50(27-41-10-4-3-5-11-41)104-69(127)46(13-7-21-94-82(89)90)100-76(134)53(30-64(121)122)106-77(135)54(32-112)107-78(56)136)80(138)111-23-9-15-58(111)79(137)97-40(2)66(124)103-52(29-63(119)120)75(133)102-48(16-18-61(115)116)71(129)98-45(12-6-20-93-81(87)88)68(126)101-49(17-19-62(117)118)72(130)109-55(36-139-33-42)67(125)96-31-60(86)114/h3-5,10-11,24-26,39-40,45-58,112H,6-9,12-23,27-38,84H2,1-2H3,(H2,85,113)(H2,86,114)(H,96,125)(H,97,137)(H,98,129)(H,99,131)(H,100,134)(H,101,126)(H,102,133)(H,103,124)(H,104,127)(H,105,128)(H,106,135)(H,107,136)(H,108,123)(H,109,130)(H,110,132)(H,115,116)(H,117,118)(H,119,120)(H,121,122)(H4,87,88,93)(H4,89,90,94)(H4,91,92,95)/t39-,40-,45-,46-,47-,48-,49+,50-,51-,52-,53-,54-,55-,56-,57-,58-/m0/s1. The Labute approximate surface area is 819 Å². The van der Waals surface area contributed by atoms with E-state index < -0.39 is 346 Å². The number of carboxylic acid groups (broad SMARTS) is 4. The van der Waals surface area contributed by atoms with Crippen molar-refractivity contribution in [2.24, 2.45) is 34.4 Å². The van der Waals surface area contributed by atoms with E-state index in [0.717, 1.165) is 47.1 Å². The number of rotatable bonds is 32. The molecule has 2 aromatic carbocycles. The number of benzene rings is 2. The van der Waals surface area contributed by atoms with Crippen LogP contribution in [0.3, 0.4) is 0 Å². The molecule has 18 amide bonds. The van der Waals surface area contributed by atoms with Gasteiger partial charge in [0.05, 0.1) is 38.5 Å². The number of carbonyl (C=O) groups excluding carboxylic acids is 18. The van der Waals surface area contributed by atoms with E-state index in [1.165, 1.54) is 19.1 Å². The van der Waals surface area contributed by atoms with Crippen LogP contribution in [0.5, 0.6) is 0 Å². The van der Waals surface area contributed by atoms with Crippen LogP contribution in [-0.2, 0) is 129 Å². The Morgan fingerprint density at radius 3 is 1.25 bits per heavy atom. The predicted octanol–water partition coefficient (Wildman–Crippen LogP) is -11.3. The van der Waals surface area contributed by atoms with E-state index in [2.05, 4.69) is 95.7 Å². The van der Waals surface area contributed by atoms with Crippen LogP contribution < -0.4 is 130 Å². The van der Waals surface area contributed by atoms with E-state index in [4.69, 9.17) is 50.6 Å². The van der Waals surface area contributed by atoms with Gasteiger partial charge in [-0.3, -0.25) is 122 Å². The van der Waals surface area contributed by atoms with Gasteiger partial charge in [0.1, 0.15) is 90.6 Å². The zero-order valence-corrected chi connectivity index (χ0v) is 79.5. The summed E-state index contributed by atoms with van der Waals surface area (Å²) in [5.41, 5.74) is 35.2. The van der Waals surface area contributed by atoms with Crippen LogP contribution >= 0.6 is 35.3 Å². The highest BCUT2D eigenvalue weighted by molar-refractivity contribution is 7.99. The van der Waals surface area contributed by atoms with Gasteiger partial charge in [-0.25, -0.2) is 0 Å². The third kappa shape index (κ3) is 42.8. The number of aliphatic hydroxyl groups excluding tert-OH is 1. The molecule has 141 heavy (non-hydrogen) atoms. The van der Waals surface area contributed by atoms with Crippen LogP contribution in [0.25, 0.3) is 0 Å². The normalized spacial score (nSPS) is 24.1. The van der Waals surface area contributed by atoms with Crippen LogP contribution in [0, 0.1) is 16.2 Å². The number of hydrogen-bond donors (Lipinski definition) is 32. The maximum Gasteiger partial charge on any atom is 0.305 e. The molecule has 16 atom stereocenters. The molecule has 0 spiro atoms.